The zero-order chi connectivity index (χ0) is 12.5. The Bertz CT molecular complexity index is 616. The average molecular weight is 285 g/mol. The van der Waals surface area contributed by atoms with Crippen molar-refractivity contribution in [1.29, 1.82) is 0 Å². The highest BCUT2D eigenvalue weighted by atomic mass is 35.5. The molecule has 6 heteroatoms. The number of aromatic amines is 1. The predicted molar refractivity (Wildman–Crippen MR) is 72.7 cm³/mol. The van der Waals surface area contributed by atoms with Crippen LogP contribution in [0.4, 0.5) is 0 Å². The number of hydrogen-bond donors (Lipinski definition) is 1. The number of nitrogens with one attached hydrogen (secondary N) is 1. The molecule has 1 saturated heterocycles. The van der Waals surface area contributed by atoms with Crippen molar-refractivity contribution in [2.45, 2.75) is 12.6 Å². The molecule has 0 radical (unpaired) electrons. The number of aromatic nitrogens is 2. The largest absolute Gasteiger partial charge is 0.376 e. The van der Waals surface area contributed by atoms with E-state index in [0.29, 0.717) is 36.2 Å². The minimum atomic E-state index is 0.0284. The lowest BCUT2D eigenvalue weighted by Gasteiger charge is -2.23. The van der Waals surface area contributed by atoms with Crippen molar-refractivity contribution in [3.63, 3.8) is 0 Å². The quantitative estimate of drug-likeness (QED) is 0.862. The van der Waals surface area contributed by atoms with E-state index in [0.717, 1.165) is 11.0 Å². The third kappa shape index (κ3) is 2.19. The van der Waals surface area contributed by atoms with Gasteiger partial charge in [-0.05, 0) is 24.4 Å². The number of rotatable bonds is 2. The maximum absolute atomic E-state index is 6.23. The molecule has 1 aromatic carbocycles. The van der Waals surface area contributed by atoms with Crippen molar-refractivity contribution >= 4 is 34.9 Å². The van der Waals surface area contributed by atoms with Gasteiger partial charge in [0.2, 0.25) is 0 Å². The summed E-state index contributed by atoms with van der Waals surface area (Å²) < 4.78 is 13.7. The van der Waals surface area contributed by atoms with Crippen molar-refractivity contribution in [3.8, 4) is 0 Å². The normalized spacial score (nSPS) is 20.4. The first-order valence-corrected chi connectivity index (χ1v) is 6.61. The topological polar surface area (TPSA) is 39.2 Å². The second-order valence-corrected chi connectivity index (χ2v) is 5.04. The van der Waals surface area contributed by atoms with Gasteiger partial charge in [-0.1, -0.05) is 17.7 Å². The van der Waals surface area contributed by atoms with Crippen LogP contribution in [0.3, 0.4) is 0 Å². The summed E-state index contributed by atoms with van der Waals surface area (Å²) in [6.07, 6.45) is 0.0284. The Hall–Kier alpha value is -0.880. The highest BCUT2D eigenvalue weighted by Gasteiger charge is 2.17. The summed E-state index contributed by atoms with van der Waals surface area (Å²) in [6.45, 7) is 2.55. The molecule has 2 aromatic rings. The fraction of sp³-hybridized carbons (Fsp3) is 0.417. The third-order valence-corrected chi connectivity index (χ3v) is 3.64. The summed E-state index contributed by atoms with van der Waals surface area (Å²) in [7, 11) is 0. The van der Waals surface area contributed by atoms with E-state index in [2.05, 4.69) is 4.98 Å². The summed E-state index contributed by atoms with van der Waals surface area (Å²) in [4.78, 5) is 3.15. The standard InChI is InChI=1S/C12H13ClN2O2S/c13-9-2-1-3-10-11(9)15(12(18)14-10)6-8-7-16-4-5-17-8/h1-3,8H,4-7H2,(H,14,18). The summed E-state index contributed by atoms with van der Waals surface area (Å²) in [5.41, 5.74) is 1.88. The number of H-pyrrole nitrogens is 1. The Morgan fingerprint density at radius 2 is 2.33 bits per heavy atom. The van der Waals surface area contributed by atoms with Crippen molar-refractivity contribution in [2.75, 3.05) is 19.8 Å². The molecule has 0 spiro atoms. The summed E-state index contributed by atoms with van der Waals surface area (Å²) in [6, 6.07) is 5.73. The Morgan fingerprint density at radius 3 is 3.11 bits per heavy atom. The fourth-order valence-electron chi connectivity index (χ4n) is 2.19. The first kappa shape index (κ1) is 12.2. The van der Waals surface area contributed by atoms with E-state index >= 15 is 0 Å². The van der Waals surface area contributed by atoms with Crippen LogP contribution in [0.15, 0.2) is 18.2 Å². The summed E-state index contributed by atoms with van der Waals surface area (Å²) in [5, 5.41) is 0.691. The molecule has 0 bridgehead atoms. The molecule has 4 nitrogen and oxygen atoms in total. The van der Waals surface area contributed by atoms with Crippen molar-refractivity contribution in [2.24, 2.45) is 0 Å². The average Bonchev–Trinajstić information content (AvgIpc) is 2.69. The zero-order valence-electron chi connectivity index (χ0n) is 9.69. The van der Waals surface area contributed by atoms with Crippen LogP contribution < -0.4 is 0 Å². The van der Waals surface area contributed by atoms with Gasteiger partial charge in [0.05, 0.1) is 48.5 Å². The van der Waals surface area contributed by atoms with E-state index in [1.165, 1.54) is 0 Å². The molecular formula is C12H13ClN2O2S. The maximum atomic E-state index is 6.23. The highest BCUT2D eigenvalue weighted by molar-refractivity contribution is 7.71. The lowest BCUT2D eigenvalue weighted by atomic mass is 10.3. The number of fused-ring (bicyclic) bond motifs is 1. The molecule has 96 valence electrons. The summed E-state index contributed by atoms with van der Waals surface area (Å²) >= 11 is 11.6. The van der Waals surface area contributed by atoms with Crippen LogP contribution in [0.2, 0.25) is 5.02 Å². The number of halogens is 1. The van der Waals surface area contributed by atoms with Crippen LogP contribution >= 0.6 is 23.8 Å². The number of nitrogens with zero attached hydrogens (tertiary/aromatic N) is 1. The number of imidazole rings is 1. The van der Waals surface area contributed by atoms with Crippen molar-refractivity contribution < 1.29 is 9.47 Å². The lowest BCUT2D eigenvalue weighted by Crippen LogP contribution is -2.32. The summed E-state index contributed by atoms with van der Waals surface area (Å²) in [5.74, 6) is 0. The van der Waals surface area contributed by atoms with Crippen LogP contribution in [-0.4, -0.2) is 35.5 Å². The zero-order valence-corrected chi connectivity index (χ0v) is 11.3. The first-order valence-electron chi connectivity index (χ1n) is 5.82. The van der Waals surface area contributed by atoms with Crippen LogP contribution in [0.1, 0.15) is 0 Å². The van der Waals surface area contributed by atoms with E-state index in [1.54, 1.807) is 0 Å². The van der Waals surface area contributed by atoms with E-state index in [-0.39, 0.29) is 6.10 Å². The van der Waals surface area contributed by atoms with Crippen LogP contribution in [-0.2, 0) is 16.0 Å². The molecule has 1 aliphatic heterocycles. The Balaban J connectivity index is 2.00. The Kier molecular flexibility index (Phi) is 3.39. The van der Waals surface area contributed by atoms with Gasteiger partial charge in [-0.25, -0.2) is 0 Å². The smallest absolute Gasteiger partial charge is 0.178 e. The number of para-hydroxylation sites is 1. The van der Waals surface area contributed by atoms with Gasteiger partial charge in [0.15, 0.2) is 4.77 Å². The van der Waals surface area contributed by atoms with E-state index in [1.807, 2.05) is 22.8 Å². The van der Waals surface area contributed by atoms with Gasteiger partial charge in [-0.3, -0.25) is 0 Å². The maximum Gasteiger partial charge on any atom is 0.178 e. The van der Waals surface area contributed by atoms with Gasteiger partial charge in [0.1, 0.15) is 0 Å². The molecular weight excluding hydrogens is 272 g/mol. The molecule has 1 fully saturated rings. The van der Waals surface area contributed by atoms with E-state index < -0.39 is 0 Å². The van der Waals surface area contributed by atoms with Crippen LogP contribution in [0.25, 0.3) is 11.0 Å². The molecule has 1 aromatic heterocycles. The second-order valence-electron chi connectivity index (χ2n) is 4.24. The van der Waals surface area contributed by atoms with Gasteiger partial charge in [0.25, 0.3) is 0 Å². The SMILES string of the molecule is S=c1[nH]c2cccc(Cl)c2n1CC1COCCO1. The Labute approximate surface area is 114 Å². The van der Waals surface area contributed by atoms with Crippen molar-refractivity contribution in [1.82, 2.24) is 9.55 Å². The fourth-order valence-corrected chi connectivity index (χ4v) is 2.75. The molecule has 0 amide bonds. The molecule has 1 atom stereocenters. The second kappa shape index (κ2) is 5.01. The van der Waals surface area contributed by atoms with Crippen molar-refractivity contribution in [3.05, 3.63) is 28.0 Å². The molecule has 1 aliphatic rings. The minimum Gasteiger partial charge on any atom is -0.376 e. The number of ether oxygens (including phenoxy) is 2. The minimum absolute atomic E-state index is 0.0284. The molecule has 3 rings (SSSR count). The molecule has 0 aliphatic carbocycles. The van der Waals surface area contributed by atoms with Crippen LogP contribution in [0, 0.1) is 4.77 Å². The number of hydrogen-bond acceptors (Lipinski definition) is 3. The van der Waals surface area contributed by atoms with Gasteiger partial charge < -0.3 is 19.0 Å². The lowest BCUT2D eigenvalue weighted by molar-refractivity contribution is -0.0933. The van der Waals surface area contributed by atoms with Gasteiger partial charge in [0, 0.05) is 0 Å². The van der Waals surface area contributed by atoms with Gasteiger partial charge in [-0.15, -0.1) is 0 Å². The molecule has 1 N–H and O–H groups in total. The number of benzene rings is 1. The van der Waals surface area contributed by atoms with E-state index in [9.17, 15) is 0 Å². The first-order chi connectivity index (χ1) is 8.75. The van der Waals surface area contributed by atoms with Gasteiger partial charge >= 0.3 is 0 Å². The molecule has 2 heterocycles. The molecule has 18 heavy (non-hydrogen) atoms. The van der Waals surface area contributed by atoms with Gasteiger partial charge in [-0.2, -0.15) is 0 Å². The Morgan fingerprint density at radius 1 is 1.44 bits per heavy atom. The molecule has 1 unspecified atom stereocenters. The highest BCUT2D eigenvalue weighted by Crippen LogP contribution is 2.24. The van der Waals surface area contributed by atoms with Crippen LogP contribution in [0.5, 0.6) is 0 Å². The van der Waals surface area contributed by atoms with E-state index in [4.69, 9.17) is 33.3 Å². The predicted octanol–water partition coefficient (Wildman–Crippen LogP) is 2.77. The monoisotopic (exact) mass is 284 g/mol. The third-order valence-electron chi connectivity index (χ3n) is 3.01. The molecule has 0 saturated carbocycles.